The van der Waals surface area contributed by atoms with Crippen molar-refractivity contribution in [1.29, 1.82) is 0 Å². The predicted molar refractivity (Wildman–Crippen MR) is 337 cm³/mol. The van der Waals surface area contributed by atoms with Crippen molar-refractivity contribution in [3.05, 3.63) is 12.7 Å². The standard InChI is InChI=1S/C50H90N30O12/c51-35-31-36(72-22-71-35)80(23-73-31)43-33(83)32(82)34(92-43)42(89)64-15-7-14-30(81)74-24(8-1-16-65-45(52)53)37(84)75-25(9-2-17-66-46(54)55)38(85)76-26(10-3-18-67-47(56)57)39(86)77-27(11-4-19-68-48(58)59)40(87)78-28(12-5-20-69-49(60)61)41(88)79-29(44(90)91)13-6-21-70-50(62)63/h22-29,32-34,43,82-83H,1-21H2,(H,64,89)(H,74,81)(H,75,84)(H,76,85)(H,77,86)(H,78,87)(H,79,88)(H,90,91)(H2,51,71,72)(H4,52,53,65)(H4,54,55,66)(H4,56,57,67)(H4,58,59,68)(H4,60,61,69)(H4,62,63,70)/t24-,25-,26-,27-,28-,29-,32+,33-,34+,43?/m1/s1. The molecule has 2 aromatic heterocycles. The number of nitrogen functional groups attached to an aromatic ring is 1. The normalized spacial score (nSPS) is 16.8. The number of hydrogen-bond acceptors (Lipinski definition) is 21. The molecule has 92 heavy (non-hydrogen) atoms. The molecule has 42 heteroatoms. The fourth-order valence-electron chi connectivity index (χ4n) is 8.97. The average Bonchev–Trinajstić information content (AvgIpc) is 1.63. The molecular formula is C50H90N30O12. The number of carbonyl (C=O) groups excluding carboxylic acids is 7. The quantitative estimate of drug-likeness (QED) is 0.0167. The lowest BCUT2D eigenvalue weighted by Gasteiger charge is -2.27. The summed E-state index contributed by atoms with van der Waals surface area (Å²) in [4.78, 5) is 146. The highest BCUT2D eigenvalue weighted by Crippen LogP contribution is 2.32. The van der Waals surface area contributed by atoms with Gasteiger partial charge in [-0.2, -0.15) is 0 Å². The second kappa shape index (κ2) is 39.6. The van der Waals surface area contributed by atoms with Crippen molar-refractivity contribution in [2.24, 2.45) is 98.8 Å². The maximum absolute atomic E-state index is 14.6. The van der Waals surface area contributed by atoms with Gasteiger partial charge in [0.25, 0.3) is 5.91 Å². The van der Waals surface area contributed by atoms with Crippen LogP contribution >= 0.6 is 0 Å². The number of nitrogens with zero attached hydrogens (tertiary/aromatic N) is 10. The molecule has 1 unspecified atom stereocenters. The van der Waals surface area contributed by atoms with Crippen LogP contribution in [0.15, 0.2) is 42.6 Å². The third kappa shape index (κ3) is 27.6. The Hall–Kier alpha value is -10.4. The first-order valence-electron chi connectivity index (χ1n) is 29.2. The second-order valence-electron chi connectivity index (χ2n) is 20.9. The molecular weight excluding hydrogens is 1210 g/mol. The number of carbonyl (C=O) groups is 8. The maximum atomic E-state index is 14.6. The number of nitrogens with one attached hydrogen (secondary N) is 7. The van der Waals surface area contributed by atoms with Gasteiger partial charge < -0.3 is 132 Å². The molecule has 1 saturated heterocycles. The van der Waals surface area contributed by atoms with Crippen LogP contribution in [0.2, 0.25) is 0 Å². The number of rotatable bonds is 42. The zero-order valence-electron chi connectivity index (χ0n) is 50.8. The Labute approximate surface area is 527 Å². The van der Waals surface area contributed by atoms with E-state index in [9.17, 15) is 53.7 Å². The number of carboxylic acids is 1. The highest BCUT2D eigenvalue weighted by Gasteiger charge is 2.48. The predicted octanol–water partition coefficient (Wildman–Crippen LogP) is -10.8. The van der Waals surface area contributed by atoms with Gasteiger partial charge in [0.15, 0.2) is 59.6 Å². The summed E-state index contributed by atoms with van der Waals surface area (Å²) in [6.07, 6.45) is -4.28. The molecule has 1 aliphatic rings. The summed E-state index contributed by atoms with van der Waals surface area (Å²) in [7, 11) is 0. The Kier molecular flexibility index (Phi) is 32.6. The topological polar surface area (TPSA) is 747 Å². The summed E-state index contributed by atoms with van der Waals surface area (Å²) in [5.74, 6) is -9.02. The lowest BCUT2D eigenvalue weighted by molar-refractivity contribution is -0.142. The van der Waals surface area contributed by atoms with Crippen molar-refractivity contribution in [3.63, 3.8) is 0 Å². The van der Waals surface area contributed by atoms with Crippen molar-refractivity contribution in [2.45, 2.75) is 151 Å². The van der Waals surface area contributed by atoms with Gasteiger partial charge in [0.1, 0.15) is 60.3 Å². The van der Waals surface area contributed by atoms with Crippen LogP contribution < -0.4 is 112 Å². The number of aliphatic hydroxyl groups excluding tert-OH is 2. The number of anilines is 1. The number of hydrogen-bond donors (Lipinski definition) is 23. The Bertz CT molecular complexity index is 2950. The van der Waals surface area contributed by atoms with Crippen LogP contribution in [0.4, 0.5) is 5.82 Å². The number of imidazole rings is 1. The molecule has 512 valence electrons. The van der Waals surface area contributed by atoms with Crippen molar-refractivity contribution in [3.8, 4) is 0 Å². The monoisotopic (exact) mass is 1300 g/mol. The first kappa shape index (κ1) is 75.9. The van der Waals surface area contributed by atoms with Crippen LogP contribution in [-0.4, -0.2) is 218 Å². The lowest BCUT2D eigenvalue weighted by Crippen LogP contribution is -2.59. The molecule has 0 radical (unpaired) electrons. The van der Waals surface area contributed by atoms with Crippen LogP contribution in [0.25, 0.3) is 11.2 Å². The van der Waals surface area contributed by atoms with E-state index in [2.05, 4.69) is 82.1 Å². The van der Waals surface area contributed by atoms with Gasteiger partial charge in [-0.15, -0.1) is 0 Å². The van der Waals surface area contributed by atoms with E-state index >= 15 is 0 Å². The summed E-state index contributed by atoms with van der Waals surface area (Å²) >= 11 is 0. The summed E-state index contributed by atoms with van der Waals surface area (Å²) in [6.45, 7) is -0.177. The number of ether oxygens (including phenoxy) is 1. The third-order valence-corrected chi connectivity index (χ3v) is 13.5. The van der Waals surface area contributed by atoms with Gasteiger partial charge in [-0.3, -0.25) is 68.1 Å². The highest BCUT2D eigenvalue weighted by atomic mass is 16.6. The molecule has 36 N–H and O–H groups in total. The third-order valence-electron chi connectivity index (χ3n) is 13.5. The van der Waals surface area contributed by atoms with Crippen molar-refractivity contribution >= 4 is 100 Å². The van der Waals surface area contributed by atoms with Crippen molar-refractivity contribution in [2.75, 3.05) is 51.5 Å². The minimum Gasteiger partial charge on any atom is -0.480 e. The number of aliphatic imine (C=N–C) groups is 6. The molecule has 2 aromatic rings. The SMILES string of the molecule is NC(N)=NCCC[C@@H](NC(=O)[C@@H](CCCN=C(N)N)NC(=O)[C@@H](CCCN=C(N)N)NC(=O)[C@@H](CCCN=C(N)N)NC(=O)[C@@H](CCCN=C(N)N)NC(=O)[C@@H](CCCN=C(N)N)NC(=O)CCCNC(=O)[C@H]1OC(n2cnc3c(N)ncnc32)[C@H](O)[C@@H]1O)C(=O)O. The van der Waals surface area contributed by atoms with E-state index in [-0.39, 0.29) is 188 Å². The molecule has 1 aliphatic heterocycles. The van der Waals surface area contributed by atoms with Crippen LogP contribution in [0.1, 0.15) is 96.1 Å². The number of carboxylic acid groups (broad SMARTS) is 1. The molecule has 3 heterocycles. The van der Waals surface area contributed by atoms with Gasteiger partial charge >= 0.3 is 5.97 Å². The lowest BCUT2D eigenvalue weighted by atomic mass is 10.0. The molecule has 0 saturated carbocycles. The van der Waals surface area contributed by atoms with E-state index < -0.39 is 108 Å². The molecule has 1 fully saturated rings. The first-order valence-corrected chi connectivity index (χ1v) is 29.2. The zero-order chi connectivity index (χ0) is 68.5. The van der Waals surface area contributed by atoms with E-state index in [1.807, 2.05) is 0 Å². The fraction of sp³-hybridized carbons (Fsp3) is 0.620. The number of nitrogens with two attached hydrogens (primary N) is 13. The van der Waals surface area contributed by atoms with Crippen LogP contribution in [0, 0.1) is 0 Å². The maximum Gasteiger partial charge on any atom is 0.326 e. The molecule has 0 aromatic carbocycles. The molecule has 7 amide bonds. The van der Waals surface area contributed by atoms with Gasteiger partial charge in [-0.25, -0.2) is 19.7 Å². The van der Waals surface area contributed by atoms with Crippen LogP contribution in [0.3, 0.4) is 0 Å². The number of amides is 7. The Morgan fingerprint density at radius 1 is 0.478 bits per heavy atom. The first-order chi connectivity index (χ1) is 43.6. The number of aliphatic carboxylic acids is 1. The van der Waals surface area contributed by atoms with Crippen LogP contribution in [0.5, 0.6) is 0 Å². The molecule has 0 bridgehead atoms. The van der Waals surface area contributed by atoms with Gasteiger partial charge in [-0.1, -0.05) is 0 Å². The number of aliphatic hydroxyl groups is 2. The number of aromatic nitrogens is 4. The van der Waals surface area contributed by atoms with Crippen molar-refractivity contribution in [1.82, 2.24) is 56.7 Å². The molecule has 0 spiro atoms. The smallest absolute Gasteiger partial charge is 0.326 e. The van der Waals surface area contributed by atoms with E-state index in [0.29, 0.717) is 0 Å². The van der Waals surface area contributed by atoms with Gasteiger partial charge in [0.2, 0.25) is 35.4 Å². The molecule has 0 aliphatic carbocycles. The Morgan fingerprint density at radius 3 is 1.16 bits per heavy atom. The van der Waals surface area contributed by atoms with Crippen LogP contribution in [-0.2, 0) is 43.1 Å². The fourth-order valence-corrected chi connectivity index (χ4v) is 8.97. The van der Waals surface area contributed by atoms with Gasteiger partial charge in [0.05, 0.1) is 6.33 Å². The second-order valence-corrected chi connectivity index (χ2v) is 20.9. The van der Waals surface area contributed by atoms with Crippen molar-refractivity contribution < 1.29 is 58.4 Å². The van der Waals surface area contributed by atoms with E-state index in [4.69, 9.17) is 79.3 Å². The van der Waals surface area contributed by atoms with E-state index in [1.54, 1.807) is 0 Å². The minimum absolute atomic E-state index is 0.00217. The Balaban J connectivity index is 1.89. The molecule has 10 atom stereocenters. The van der Waals surface area contributed by atoms with E-state index in [1.165, 1.54) is 17.2 Å². The number of guanidine groups is 6. The molecule has 3 rings (SSSR count). The minimum atomic E-state index is -1.69. The van der Waals surface area contributed by atoms with E-state index in [0.717, 1.165) is 0 Å². The zero-order valence-corrected chi connectivity index (χ0v) is 50.8. The van der Waals surface area contributed by atoms with Gasteiger partial charge in [-0.05, 0) is 83.5 Å². The summed E-state index contributed by atoms with van der Waals surface area (Å²) in [6, 6.07) is -8.71. The van der Waals surface area contributed by atoms with Gasteiger partial charge in [0, 0.05) is 52.2 Å². The average molecular weight is 1300 g/mol. The summed E-state index contributed by atoms with van der Waals surface area (Å²) in [5, 5.41) is 49.7. The molecule has 42 nitrogen and oxygen atoms in total. The number of fused-ring (bicyclic) bond motifs is 1. The highest BCUT2D eigenvalue weighted by molar-refractivity contribution is 5.97. The Morgan fingerprint density at radius 2 is 0.815 bits per heavy atom. The summed E-state index contributed by atoms with van der Waals surface area (Å²) in [5.41, 5.74) is 72.3. The summed E-state index contributed by atoms with van der Waals surface area (Å²) < 4.78 is 7.03. The largest absolute Gasteiger partial charge is 0.480 e.